The van der Waals surface area contributed by atoms with Crippen LogP contribution in [0.3, 0.4) is 0 Å². The molecule has 0 bridgehead atoms. The second kappa shape index (κ2) is 5.00. The van der Waals surface area contributed by atoms with Crippen LogP contribution in [0.1, 0.15) is 20.8 Å². The number of benzene rings is 1. The predicted molar refractivity (Wildman–Crippen MR) is 74.9 cm³/mol. The van der Waals surface area contributed by atoms with E-state index in [9.17, 15) is 4.79 Å². The van der Waals surface area contributed by atoms with E-state index in [1.807, 2.05) is 6.92 Å². The minimum atomic E-state index is -0.126. The Bertz CT molecular complexity index is 588. The molecular weight excluding hydrogens is 270 g/mol. The molecule has 1 heterocycles. The van der Waals surface area contributed by atoms with Gasteiger partial charge >= 0.3 is 0 Å². The van der Waals surface area contributed by atoms with E-state index in [0.717, 1.165) is 5.56 Å². The highest BCUT2D eigenvalue weighted by Gasteiger charge is 2.18. The van der Waals surface area contributed by atoms with Crippen molar-refractivity contribution < 1.29 is 9.53 Å². The van der Waals surface area contributed by atoms with Gasteiger partial charge in [-0.3, -0.25) is 4.79 Å². The Balaban J connectivity index is 2.49. The van der Waals surface area contributed by atoms with E-state index in [1.165, 1.54) is 18.4 Å². The first-order valence-electron chi connectivity index (χ1n) is 5.27. The van der Waals surface area contributed by atoms with Gasteiger partial charge in [0.2, 0.25) is 5.78 Å². The fourth-order valence-corrected chi connectivity index (χ4v) is 2.82. The lowest BCUT2D eigenvalue weighted by Gasteiger charge is -2.08. The number of hydrogen-bond acceptors (Lipinski definition) is 4. The van der Waals surface area contributed by atoms with Crippen LogP contribution in [0, 0.1) is 6.92 Å². The molecule has 0 fully saturated rings. The summed E-state index contributed by atoms with van der Waals surface area (Å²) in [6.45, 7) is 1.87. The van der Waals surface area contributed by atoms with Crippen molar-refractivity contribution in [3.8, 4) is 5.75 Å². The maximum Gasteiger partial charge on any atom is 0.206 e. The van der Waals surface area contributed by atoms with E-state index in [-0.39, 0.29) is 5.78 Å². The molecule has 5 heteroatoms. The Morgan fingerprint density at radius 2 is 2.17 bits per heavy atom. The molecular formula is C13H12ClNO2S. The summed E-state index contributed by atoms with van der Waals surface area (Å²) in [5.41, 5.74) is 7.58. The zero-order valence-electron chi connectivity index (χ0n) is 9.99. The van der Waals surface area contributed by atoms with Gasteiger partial charge in [-0.25, -0.2) is 0 Å². The van der Waals surface area contributed by atoms with Crippen LogP contribution >= 0.6 is 22.9 Å². The van der Waals surface area contributed by atoms with Crippen LogP contribution in [0.5, 0.6) is 5.75 Å². The van der Waals surface area contributed by atoms with Crippen molar-refractivity contribution in [2.24, 2.45) is 0 Å². The first-order valence-corrected chi connectivity index (χ1v) is 6.47. The summed E-state index contributed by atoms with van der Waals surface area (Å²) < 4.78 is 5.81. The molecule has 0 atom stereocenters. The predicted octanol–water partition coefficient (Wildman–Crippen LogP) is 3.53. The number of carbonyl (C=O) groups is 1. The number of methoxy groups -OCH3 is 1. The molecule has 2 N–H and O–H groups in total. The van der Waals surface area contributed by atoms with Gasteiger partial charge in [0.15, 0.2) is 5.75 Å². The van der Waals surface area contributed by atoms with Crippen LogP contribution in [0.15, 0.2) is 24.3 Å². The lowest BCUT2D eigenvalue weighted by Crippen LogP contribution is -2.04. The molecule has 0 saturated heterocycles. The van der Waals surface area contributed by atoms with E-state index < -0.39 is 0 Å². The topological polar surface area (TPSA) is 52.3 Å². The molecule has 0 radical (unpaired) electrons. The minimum absolute atomic E-state index is 0.126. The van der Waals surface area contributed by atoms with Crippen LogP contribution in [-0.4, -0.2) is 12.9 Å². The van der Waals surface area contributed by atoms with Gasteiger partial charge in [-0.2, -0.15) is 0 Å². The minimum Gasteiger partial charge on any atom is -0.494 e. The molecule has 0 aliphatic heterocycles. The average molecular weight is 282 g/mol. The average Bonchev–Trinajstić information content (AvgIpc) is 2.68. The first-order chi connectivity index (χ1) is 8.54. The van der Waals surface area contributed by atoms with E-state index in [2.05, 4.69) is 0 Å². The second-order valence-corrected chi connectivity index (χ2v) is 5.48. The van der Waals surface area contributed by atoms with Crippen LogP contribution in [0.4, 0.5) is 5.69 Å². The Labute approximate surface area is 114 Å². The van der Waals surface area contributed by atoms with Crippen molar-refractivity contribution in [3.05, 3.63) is 44.6 Å². The highest BCUT2D eigenvalue weighted by Crippen LogP contribution is 2.32. The highest BCUT2D eigenvalue weighted by atomic mass is 35.5. The molecule has 2 aromatic rings. The number of carbonyl (C=O) groups excluding carboxylic acids is 1. The largest absolute Gasteiger partial charge is 0.494 e. The zero-order valence-corrected chi connectivity index (χ0v) is 11.6. The van der Waals surface area contributed by atoms with Crippen LogP contribution in [0.2, 0.25) is 4.34 Å². The van der Waals surface area contributed by atoms with Gasteiger partial charge in [-0.05, 0) is 30.7 Å². The van der Waals surface area contributed by atoms with E-state index in [0.29, 0.717) is 26.2 Å². The van der Waals surface area contributed by atoms with Crippen LogP contribution in [-0.2, 0) is 0 Å². The number of para-hydroxylation sites is 1. The summed E-state index contributed by atoms with van der Waals surface area (Å²) in [5, 5.41) is 0. The summed E-state index contributed by atoms with van der Waals surface area (Å²) in [4.78, 5) is 12.9. The van der Waals surface area contributed by atoms with Crippen molar-refractivity contribution in [1.82, 2.24) is 0 Å². The van der Waals surface area contributed by atoms with Crippen molar-refractivity contribution >= 4 is 34.4 Å². The number of thiophene rings is 1. The fraction of sp³-hybridized carbons (Fsp3) is 0.154. The third kappa shape index (κ3) is 2.21. The van der Waals surface area contributed by atoms with Crippen molar-refractivity contribution in [1.29, 1.82) is 0 Å². The summed E-state index contributed by atoms with van der Waals surface area (Å²) in [5.74, 6) is 0.281. The number of nitrogen functional groups attached to an aromatic ring is 1. The highest BCUT2D eigenvalue weighted by molar-refractivity contribution is 7.18. The molecule has 18 heavy (non-hydrogen) atoms. The van der Waals surface area contributed by atoms with Crippen molar-refractivity contribution in [2.45, 2.75) is 6.92 Å². The molecule has 0 saturated carbocycles. The van der Waals surface area contributed by atoms with Gasteiger partial charge in [0.05, 0.1) is 27.6 Å². The maximum absolute atomic E-state index is 12.4. The van der Waals surface area contributed by atoms with Gasteiger partial charge in [-0.15, -0.1) is 11.3 Å². The Morgan fingerprint density at radius 3 is 2.72 bits per heavy atom. The molecule has 0 aliphatic rings. The number of aryl methyl sites for hydroxylation is 1. The van der Waals surface area contributed by atoms with Gasteiger partial charge in [0.25, 0.3) is 0 Å². The maximum atomic E-state index is 12.4. The summed E-state index contributed by atoms with van der Waals surface area (Å²) >= 11 is 7.24. The molecule has 0 unspecified atom stereocenters. The number of ether oxygens (including phenoxy) is 1. The van der Waals surface area contributed by atoms with Crippen LogP contribution in [0.25, 0.3) is 0 Å². The summed E-state index contributed by atoms with van der Waals surface area (Å²) in [6.07, 6.45) is 0. The standard InChI is InChI=1S/C13H12ClNO2S/c1-7-6-10(18-13(7)14)11(16)8-4-3-5-9(15)12(8)17-2/h3-6H,15H2,1-2H3. The SMILES string of the molecule is COc1c(N)cccc1C(=O)c1cc(C)c(Cl)s1. The van der Waals surface area contributed by atoms with Gasteiger partial charge < -0.3 is 10.5 Å². The Morgan fingerprint density at radius 1 is 1.44 bits per heavy atom. The lowest BCUT2D eigenvalue weighted by molar-refractivity contribution is 0.103. The number of nitrogens with two attached hydrogens (primary N) is 1. The van der Waals surface area contributed by atoms with Crippen molar-refractivity contribution in [3.63, 3.8) is 0 Å². The quantitative estimate of drug-likeness (QED) is 0.692. The number of anilines is 1. The van der Waals surface area contributed by atoms with Gasteiger partial charge in [0, 0.05) is 0 Å². The number of halogens is 1. The van der Waals surface area contributed by atoms with Crippen LogP contribution < -0.4 is 10.5 Å². The number of rotatable bonds is 3. The molecule has 1 aromatic carbocycles. The van der Waals surface area contributed by atoms with Gasteiger partial charge in [-0.1, -0.05) is 17.7 Å². The summed E-state index contributed by atoms with van der Waals surface area (Å²) in [6, 6.07) is 6.90. The Kier molecular flexibility index (Phi) is 3.59. The van der Waals surface area contributed by atoms with E-state index >= 15 is 0 Å². The smallest absolute Gasteiger partial charge is 0.206 e. The lowest BCUT2D eigenvalue weighted by atomic mass is 10.1. The zero-order chi connectivity index (χ0) is 13.3. The fourth-order valence-electron chi connectivity index (χ4n) is 1.67. The second-order valence-electron chi connectivity index (χ2n) is 3.82. The van der Waals surface area contributed by atoms with E-state index in [4.69, 9.17) is 22.1 Å². The monoisotopic (exact) mass is 281 g/mol. The molecule has 3 nitrogen and oxygen atoms in total. The van der Waals surface area contributed by atoms with E-state index in [1.54, 1.807) is 24.3 Å². The first kappa shape index (κ1) is 12.9. The molecule has 1 aromatic heterocycles. The Hall–Kier alpha value is -1.52. The third-order valence-electron chi connectivity index (χ3n) is 2.58. The normalized spacial score (nSPS) is 10.4. The molecule has 0 aliphatic carbocycles. The van der Waals surface area contributed by atoms with Crippen molar-refractivity contribution in [2.75, 3.05) is 12.8 Å². The molecule has 0 spiro atoms. The molecule has 94 valence electrons. The summed E-state index contributed by atoms with van der Waals surface area (Å²) in [7, 11) is 1.50. The molecule has 2 rings (SSSR count). The van der Waals surface area contributed by atoms with Gasteiger partial charge in [0.1, 0.15) is 0 Å². The number of hydrogen-bond donors (Lipinski definition) is 1. The number of ketones is 1. The third-order valence-corrected chi connectivity index (χ3v) is 4.13. The molecule has 0 amide bonds.